The van der Waals surface area contributed by atoms with Gasteiger partial charge in [0, 0.05) is 0 Å². The lowest BCUT2D eigenvalue weighted by molar-refractivity contribution is -0.0711. The highest BCUT2D eigenvalue weighted by atomic mass is 16.7. The van der Waals surface area contributed by atoms with Gasteiger partial charge in [0.15, 0.2) is 5.76 Å². The van der Waals surface area contributed by atoms with Gasteiger partial charge in [0.1, 0.15) is 0 Å². The molecule has 1 aliphatic rings. The van der Waals surface area contributed by atoms with E-state index in [0.717, 1.165) is 5.76 Å². The standard InChI is InChI=1S/C8H10O3/c1-6-5-10-8(11-6)7-3-2-4-9-7/h2-4,6,8H,5H2,1H3/t6-,8-/m1/s1. The van der Waals surface area contributed by atoms with Crippen LogP contribution in [-0.4, -0.2) is 12.7 Å². The molecular formula is C8H10O3. The molecular weight excluding hydrogens is 144 g/mol. The van der Waals surface area contributed by atoms with Crippen LogP contribution in [0.5, 0.6) is 0 Å². The van der Waals surface area contributed by atoms with Gasteiger partial charge in [-0.3, -0.25) is 0 Å². The van der Waals surface area contributed by atoms with Crippen molar-refractivity contribution in [2.45, 2.75) is 19.3 Å². The molecule has 0 bridgehead atoms. The number of rotatable bonds is 1. The Morgan fingerprint density at radius 2 is 2.45 bits per heavy atom. The molecule has 3 nitrogen and oxygen atoms in total. The molecule has 1 aliphatic heterocycles. The Bertz CT molecular complexity index is 217. The number of hydrogen-bond donors (Lipinski definition) is 0. The van der Waals surface area contributed by atoms with Crippen molar-refractivity contribution in [3.05, 3.63) is 24.2 Å². The van der Waals surface area contributed by atoms with Crippen LogP contribution in [-0.2, 0) is 9.47 Å². The third kappa shape index (κ3) is 1.29. The van der Waals surface area contributed by atoms with Crippen LogP contribution in [0.25, 0.3) is 0 Å². The van der Waals surface area contributed by atoms with Gasteiger partial charge >= 0.3 is 0 Å². The summed E-state index contributed by atoms with van der Waals surface area (Å²) in [7, 11) is 0. The van der Waals surface area contributed by atoms with Crippen LogP contribution in [0, 0.1) is 0 Å². The molecule has 1 saturated heterocycles. The third-order valence-corrected chi connectivity index (χ3v) is 1.61. The maximum atomic E-state index is 5.39. The van der Waals surface area contributed by atoms with Gasteiger partial charge < -0.3 is 13.9 Å². The van der Waals surface area contributed by atoms with Crippen LogP contribution in [0.2, 0.25) is 0 Å². The molecule has 3 heteroatoms. The maximum absolute atomic E-state index is 5.39. The molecule has 2 rings (SSSR count). The lowest BCUT2D eigenvalue weighted by Gasteiger charge is -2.04. The quantitative estimate of drug-likeness (QED) is 0.617. The van der Waals surface area contributed by atoms with Gasteiger partial charge in [0.05, 0.1) is 19.0 Å². The van der Waals surface area contributed by atoms with Crippen molar-refractivity contribution in [2.75, 3.05) is 6.61 Å². The number of ether oxygens (including phenoxy) is 2. The Balaban J connectivity index is 2.08. The summed E-state index contributed by atoms with van der Waals surface area (Å²) in [5.41, 5.74) is 0. The zero-order chi connectivity index (χ0) is 7.68. The second-order valence-corrected chi connectivity index (χ2v) is 2.63. The fraction of sp³-hybridized carbons (Fsp3) is 0.500. The Kier molecular flexibility index (Phi) is 1.68. The summed E-state index contributed by atoms with van der Waals surface area (Å²) in [5, 5.41) is 0. The first kappa shape index (κ1) is 6.88. The number of furan rings is 1. The van der Waals surface area contributed by atoms with Crippen molar-refractivity contribution in [1.29, 1.82) is 0 Å². The zero-order valence-corrected chi connectivity index (χ0v) is 6.32. The van der Waals surface area contributed by atoms with E-state index >= 15 is 0 Å². The molecule has 60 valence electrons. The van der Waals surface area contributed by atoms with E-state index in [0.29, 0.717) is 6.61 Å². The lowest BCUT2D eigenvalue weighted by atomic mass is 10.4. The van der Waals surface area contributed by atoms with Crippen molar-refractivity contribution in [3.8, 4) is 0 Å². The summed E-state index contributed by atoms with van der Waals surface area (Å²) in [6, 6.07) is 3.67. The summed E-state index contributed by atoms with van der Waals surface area (Å²) in [6.07, 6.45) is 1.50. The van der Waals surface area contributed by atoms with Crippen molar-refractivity contribution >= 4 is 0 Å². The summed E-state index contributed by atoms with van der Waals surface area (Å²) < 4.78 is 15.8. The molecule has 0 N–H and O–H groups in total. The maximum Gasteiger partial charge on any atom is 0.217 e. The molecule has 11 heavy (non-hydrogen) atoms. The highest BCUT2D eigenvalue weighted by Gasteiger charge is 2.25. The van der Waals surface area contributed by atoms with Gasteiger partial charge in [-0.1, -0.05) is 0 Å². The molecule has 2 atom stereocenters. The van der Waals surface area contributed by atoms with Crippen LogP contribution in [0.1, 0.15) is 19.0 Å². The normalized spacial score (nSPS) is 31.0. The highest BCUT2D eigenvalue weighted by molar-refractivity contribution is 5.00. The van der Waals surface area contributed by atoms with E-state index in [4.69, 9.17) is 13.9 Å². The van der Waals surface area contributed by atoms with E-state index in [1.165, 1.54) is 0 Å². The van der Waals surface area contributed by atoms with E-state index in [9.17, 15) is 0 Å². The molecule has 0 aliphatic carbocycles. The topological polar surface area (TPSA) is 31.6 Å². The Morgan fingerprint density at radius 3 is 3.00 bits per heavy atom. The van der Waals surface area contributed by atoms with Crippen molar-refractivity contribution in [3.63, 3.8) is 0 Å². The lowest BCUT2D eigenvalue weighted by Crippen LogP contribution is -2.01. The van der Waals surface area contributed by atoms with Crippen molar-refractivity contribution in [1.82, 2.24) is 0 Å². The average molecular weight is 154 g/mol. The zero-order valence-electron chi connectivity index (χ0n) is 6.32. The van der Waals surface area contributed by atoms with E-state index < -0.39 is 0 Å². The van der Waals surface area contributed by atoms with E-state index in [2.05, 4.69) is 0 Å². The van der Waals surface area contributed by atoms with E-state index in [1.807, 2.05) is 19.1 Å². The fourth-order valence-corrected chi connectivity index (χ4v) is 1.09. The molecule has 1 fully saturated rings. The molecule has 0 amide bonds. The van der Waals surface area contributed by atoms with E-state index in [1.54, 1.807) is 6.26 Å². The Labute approximate surface area is 64.9 Å². The summed E-state index contributed by atoms with van der Waals surface area (Å²) in [4.78, 5) is 0. The summed E-state index contributed by atoms with van der Waals surface area (Å²) >= 11 is 0. The molecule has 0 aromatic carbocycles. The van der Waals surface area contributed by atoms with Gasteiger partial charge in [-0.15, -0.1) is 0 Å². The third-order valence-electron chi connectivity index (χ3n) is 1.61. The van der Waals surface area contributed by atoms with Crippen LogP contribution in [0.3, 0.4) is 0 Å². The minimum Gasteiger partial charge on any atom is -0.464 e. The summed E-state index contributed by atoms with van der Waals surface area (Å²) in [6.45, 7) is 2.62. The van der Waals surface area contributed by atoms with Gasteiger partial charge in [0.2, 0.25) is 6.29 Å². The van der Waals surface area contributed by atoms with Crippen LogP contribution >= 0.6 is 0 Å². The molecule has 0 saturated carbocycles. The molecule has 0 radical (unpaired) electrons. The highest BCUT2D eigenvalue weighted by Crippen LogP contribution is 2.26. The first-order chi connectivity index (χ1) is 5.36. The van der Waals surface area contributed by atoms with Gasteiger partial charge in [-0.2, -0.15) is 0 Å². The average Bonchev–Trinajstić information content (AvgIpc) is 2.55. The van der Waals surface area contributed by atoms with Gasteiger partial charge in [0.25, 0.3) is 0 Å². The second-order valence-electron chi connectivity index (χ2n) is 2.63. The summed E-state index contributed by atoms with van der Waals surface area (Å²) in [5.74, 6) is 0.745. The van der Waals surface area contributed by atoms with Gasteiger partial charge in [-0.05, 0) is 19.1 Å². The molecule has 0 unspecified atom stereocenters. The fourth-order valence-electron chi connectivity index (χ4n) is 1.09. The minimum atomic E-state index is -0.292. The minimum absolute atomic E-state index is 0.171. The van der Waals surface area contributed by atoms with Crippen molar-refractivity contribution < 1.29 is 13.9 Å². The first-order valence-corrected chi connectivity index (χ1v) is 3.67. The van der Waals surface area contributed by atoms with Crippen LogP contribution in [0.15, 0.2) is 22.8 Å². The Morgan fingerprint density at radius 1 is 1.55 bits per heavy atom. The van der Waals surface area contributed by atoms with Crippen molar-refractivity contribution in [2.24, 2.45) is 0 Å². The molecule has 0 spiro atoms. The number of hydrogen-bond acceptors (Lipinski definition) is 3. The van der Waals surface area contributed by atoms with Crippen LogP contribution in [0.4, 0.5) is 0 Å². The largest absolute Gasteiger partial charge is 0.464 e. The molecule has 1 aromatic heterocycles. The van der Waals surface area contributed by atoms with Crippen LogP contribution < -0.4 is 0 Å². The smallest absolute Gasteiger partial charge is 0.217 e. The SMILES string of the molecule is C[C@@H]1CO[C@@H](c2ccco2)O1. The molecule has 1 aromatic rings. The molecule has 2 heterocycles. The predicted molar refractivity (Wildman–Crippen MR) is 37.9 cm³/mol. The monoisotopic (exact) mass is 154 g/mol. The van der Waals surface area contributed by atoms with E-state index in [-0.39, 0.29) is 12.4 Å². The first-order valence-electron chi connectivity index (χ1n) is 3.67. The predicted octanol–water partition coefficient (Wildman–Crippen LogP) is 1.71. The van der Waals surface area contributed by atoms with Gasteiger partial charge in [-0.25, -0.2) is 0 Å². The second kappa shape index (κ2) is 2.68. The Hall–Kier alpha value is -0.800.